The number of hydrogen-bond acceptors (Lipinski definition) is 9. The molecule has 0 aliphatic heterocycles. The lowest BCUT2D eigenvalue weighted by atomic mass is 10.1. The molecule has 0 bridgehead atoms. The van der Waals surface area contributed by atoms with Crippen molar-refractivity contribution in [2.24, 2.45) is 0 Å². The minimum Gasteiger partial charge on any atom is -0.462 e. The van der Waals surface area contributed by atoms with Gasteiger partial charge in [0, 0.05) is 12.8 Å². The minimum absolute atomic E-state index is 0.167. The molecule has 54 heavy (non-hydrogen) atoms. The fraction of sp³-hybridized carbons (Fsp3) is 0.814. The maximum Gasteiger partial charge on any atom is 0.472 e. The zero-order valence-corrected chi connectivity index (χ0v) is 35.1. The van der Waals surface area contributed by atoms with Crippen LogP contribution < -0.4 is 0 Å². The molecule has 0 rings (SSSR count). The Labute approximate surface area is 329 Å². The second-order valence-electron chi connectivity index (χ2n) is 14.4. The van der Waals surface area contributed by atoms with Gasteiger partial charge in [0.25, 0.3) is 0 Å². The van der Waals surface area contributed by atoms with Crippen LogP contribution in [-0.4, -0.2) is 65.7 Å². The van der Waals surface area contributed by atoms with Crippen LogP contribution >= 0.6 is 7.82 Å². The summed E-state index contributed by atoms with van der Waals surface area (Å²) in [5.74, 6) is -0.945. The molecule has 316 valence electrons. The summed E-state index contributed by atoms with van der Waals surface area (Å²) in [6.07, 6.45) is 39.6. The van der Waals surface area contributed by atoms with Gasteiger partial charge in [-0.2, -0.15) is 0 Å². The van der Waals surface area contributed by atoms with Crippen molar-refractivity contribution >= 4 is 19.8 Å². The molecule has 0 aliphatic rings. The summed E-state index contributed by atoms with van der Waals surface area (Å²) in [6.45, 7) is 2.31. The van der Waals surface area contributed by atoms with E-state index in [-0.39, 0.29) is 19.4 Å². The van der Waals surface area contributed by atoms with Crippen molar-refractivity contribution in [1.29, 1.82) is 0 Å². The summed E-state index contributed by atoms with van der Waals surface area (Å²) in [4.78, 5) is 34.9. The topological polar surface area (TPSA) is 149 Å². The summed E-state index contributed by atoms with van der Waals surface area (Å²) in [5.41, 5.74) is 0. The third kappa shape index (κ3) is 38.5. The Kier molecular flexibility index (Phi) is 38.1. The van der Waals surface area contributed by atoms with E-state index in [0.717, 1.165) is 70.6 Å². The van der Waals surface area contributed by atoms with Crippen molar-refractivity contribution < 1.29 is 47.8 Å². The molecule has 3 unspecified atom stereocenters. The highest BCUT2D eigenvalue weighted by Gasteiger charge is 2.27. The van der Waals surface area contributed by atoms with Gasteiger partial charge in [-0.1, -0.05) is 147 Å². The molecule has 0 saturated heterocycles. The number of phosphoric ester groups is 1. The van der Waals surface area contributed by atoms with E-state index in [1.165, 1.54) is 77.0 Å². The van der Waals surface area contributed by atoms with Crippen molar-refractivity contribution in [3.63, 3.8) is 0 Å². The summed E-state index contributed by atoms with van der Waals surface area (Å²) in [6, 6.07) is 0. The van der Waals surface area contributed by atoms with E-state index in [9.17, 15) is 24.2 Å². The van der Waals surface area contributed by atoms with Crippen LogP contribution in [-0.2, 0) is 32.7 Å². The van der Waals surface area contributed by atoms with Gasteiger partial charge in [-0.3, -0.25) is 18.6 Å². The van der Waals surface area contributed by atoms with Gasteiger partial charge in [0.05, 0.1) is 19.8 Å². The Bertz CT molecular complexity index is 999. The second kappa shape index (κ2) is 39.4. The first kappa shape index (κ1) is 52.2. The monoisotopic (exact) mass is 787 g/mol. The number of carbonyl (C=O) groups excluding carboxylic acids is 2. The number of allylic oxidation sites excluding steroid dienone is 6. The molecule has 3 N–H and O–H groups in total. The Hall–Kier alpha value is -1.81. The van der Waals surface area contributed by atoms with Crippen LogP contribution in [0.15, 0.2) is 36.5 Å². The molecule has 3 atom stereocenters. The molecule has 0 spiro atoms. The van der Waals surface area contributed by atoms with E-state index >= 15 is 0 Å². The van der Waals surface area contributed by atoms with Gasteiger partial charge in [0.2, 0.25) is 0 Å². The van der Waals surface area contributed by atoms with E-state index in [4.69, 9.17) is 19.1 Å². The van der Waals surface area contributed by atoms with Gasteiger partial charge in [-0.25, -0.2) is 4.57 Å². The average Bonchev–Trinajstić information content (AvgIpc) is 3.16. The number of hydrogen-bond donors (Lipinski definition) is 3. The lowest BCUT2D eigenvalue weighted by Gasteiger charge is -2.20. The maximum absolute atomic E-state index is 12.6. The molecular weight excluding hydrogens is 707 g/mol. The highest BCUT2D eigenvalue weighted by Crippen LogP contribution is 2.43. The molecule has 11 heteroatoms. The quantitative estimate of drug-likeness (QED) is 0.0237. The molecule has 0 aromatic heterocycles. The largest absolute Gasteiger partial charge is 0.472 e. The van der Waals surface area contributed by atoms with Crippen LogP contribution in [0.4, 0.5) is 0 Å². The lowest BCUT2D eigenvalue weighted by Crippen LogP contribution is -2.29. The molecule has 0 aliphatic carbocycles. The van der Waals surface area contributed by atoms with Crippen LogP contribution in [0, 0.1) is 0 Å². The maximum atomic E-state index is 12.6. The average molecular weight is 787 g/mol. The first-order chi connectivity index (χ1) is 26.2. The van der Waals surface area contributed by atoms with Crippen molar-refractivity contribution in [1.82, 2.24) is 0 Å². The number of carbonyl (C=O) groups is 2. The molecular formula is C43H79O10P. The lowest BCUT2D eigenvalue weighted by molar-refractivity contribution is -0.161. The predicted octanol–water partition coefficient (Wildman–Crippen LogP) is 11.2. The summed E-state index contributed by atoms with van der Waals surface area (Å²) >= 11 is 0. The van der Waals surface area contributed by atoms with E-state index < -0.39 is 51.8 Å². The summed E-state index contributed by atoms with van der Waals surface area (Å²) < 4.78 is 32.7. The molecule has 0 fully saturated rings. The highest BCUT2D eigenvalue weighted by molar-refractivity contribution is 7.47. The van der Waals surface area contributed by atoms with Gasteiger partial charge in [0.1, 0.15) is 12.7 Å². The Morgan fingerprint density at radius 3 is 1.50 bits per heavy atom. The van der Waals surface area contributed by atoms with E-state index in [0.29, 0.717) is 12.8 Å². The van der Waals surface area contributed by atoms with E-state index in [1.54, 1.807) is 0 Å². The number of aliphatic hydroxyl groups excluding tert-OH is 2. The molecule has 0 aromatic rings. The van der Waals surface area contributed by atoms with Crippen molar-refractivity contribution in [2.45, 2.75) is 199 Å². The molecule has 0 aromatic carbocycles. The smallest absolute Gasteiger partial charge is 0.462 e. The minimum atomic E-state index is -4.62. The second-order valence-corrected chi connectivity index (χ2v) is 15.8. The van der Waals surface area contributed by atoms with E-state index in [1.807, 2.05) is 0 Å². The number of esters is 2. The number of ether oxygens (including phenoxy) is 2. The SMILES string of the molecule is CCCC/C=C\C/C=C\CCCCCCCC(=O)OC(COC(=O)CCCCCCCCC/C=C\CCCCCCCC)COP(=O)(O)OCC(O)CO. The normalized spacial score (nSPS) is 14.2. The van der Waals surface area contributed by atoms with Gasteiger partial charge in [-0.05, 0) is 64.2 Å². The Morgan fingerprint density at radius 1 is 0.556 bits per heavy atom. The Morgan fingerprint density at radius 2 is 0.981 bits per heavy atom. The molecule has 0 heterocycles. The van der Waals surface area contributed by atoms with Crippen molar-refractivity contribution in [2.75, 3.05) is 26.4 Å². The number of aliphatic hydroxyl groups is 2. The third-order valence-corrected chi connectivity index (χ3v) is 9.97. The fourth-order valence-electron chi connectivity index (χ4n) is 5.65. The zero-order valence-electron chi connectivity index (χ0n) is 34.2. The molecule has 0 radical (unpaired) electrons. The standard InChI is InChI=1S/C43H79O10P/c1-3-5-7-9-11-13-15-17-19-20-21-23-24-26-28-30-32-34-42(46)50-38-41(39-52-54(48,49)51-37-40(45)36-44)53-43(47)35-33-31-29-27-25-22-18-16-14-12-10-8-6-4-2/h10,12,16-19,40-41,44-45H,3-9,11,13-15,20-39H2,1-2H3,(H,48,49)/b12-10-,18-16-,19-17-. The first-order valence-corrected chi connectivity index (χ1v) is 22.9. The van der Waals surface area contributed by atoms with Crippen molar-refractivity contribution in [3.05, 3.63) is 36.5 Å². The summed E-state index contributed by atoms with van der Waals surface area (Å²) in [5, 5.41) is 18.3. The van der Waals surface area contributed by atoms with Gasteiger partial charge < -0.3 is 24.6 Å². The van der Waals surface area contributed by atoms with Gasteiger partial charge in [0.15, 0.2) is 6.10 Å². The van der Waals surface area contributed by atoms with Crippen LogP contribution in [0.25, 0.3) is 0 Å². The third-order valence-electron chi connectivity index (χ3n) is 9.02. The molecule has 0 saturated carbocycles. The van der Waals surface area contributed by atoms with Gasteiger partial charge in [-0.15, -0.1) is 0 Å². The van der Waals surface area contributed by atoms with Crippen LogP contribution in [0.2, 0.25) is 0 Å². The number of unbranched alkanes of at least 4 members (excludes halogenated alkanes) is 20. The fourth-order valence-corrected chi connectivity index (χ4v) is 6.44. The first-order valence-electron chi connectivity index (χ1n) is 21.4. The van der Waals surface area contributed by atoms with Gasteiger partial charge >= 0.3 is 19.8 Å². The molecule has 0 amide bonds. The van der Waals surface area contributed by atoms with Crippen LogP contribution in [0.3, 0.4) is 0 Å². The Balaban J connectivity index is 4.31. The zero-order chi connectivity index (χ0) is 39.8. The van der Waals surface area contributed by atoms with Crippen molar-refractivity contribution in [3.8, 4) is 0 Å². The van der Waals surface area contributed by atoms with E-state index in [2.05, 4.69) is 54.8 Å². The summed E-state index contributed by atoms with van der Waals surface area (Å²) in [7, 11) is -4.62. The highest BCUT2D eigenvalue weighted by atomic mass is 31.2. The molecule has 10 nitrogen and oxygen atoms in total. The number of phosphoric acid groups is 1. The van der Waals surface area contributed by atoms with Crippen LogP contribution in [0.1, 0.15) is 187 Å². The number of rotatable bonds is 40. The van der Waals surface area contributed by atoms with Crippen LogP contribution in [0.5, 0.6) is 0 Å². The predicted molar refractivity (Wildman–Crippen MR) is 219 cm³/mol.